The van der Waals surface area contributed by atoms with E-state index in [-0.39, 0.29) is 29.5 Å². The third-order valence-electron chi connectivity index (χ3n) is 6.00. The summed E-state index contributed by atoms with van der Waals surface area (Å²) in [6.07, 6.45) is 4.36. The molecule has 1 fully saturated rings. The molecule has 3 amide bonds. The molecule has 1 aliphatic rings. The maximum absolute atomic E-state index is 13.8. The quantitative estimate of drug-likeness (QED) is 0.394. The molecule has 0 aromatic heterocycles. The highest BCUT2D eigenvalue weighted by Gasteiger charge is 2.38. The fourth-order valence-corrected chi connectivity index (χ4v) is 4.56. The monoisotopic (exact) mass is 507 g/mol. The molecule has 0 aliphatic heterocycles. The van der Waals surface area contributed by atoms with Gasteiger partial charge in [-0.25, -0.2) is 4.79 Å². The van der Waals surface area contributed by atoms with Crippen LogP contribution >= 0.6 is 12.6 Å². The molecule has 3 N–H and O–H groups in total. The van der Waals surface area contributed by atoms with Crippen LogP contribution in [0.4, 0.5) is 4.79 Å². The number of phenolic OH excluding ortho intramolecular Hbond substituents is 1. The van der Waals surface area contributed by atoms with Gasteiger partial charge < -0.3 is 25.4 Å². The lowest BCUT2D eigenvalue weighted by molar-refractivity contribution is -0.144. The van der Waals surface area contributed by atoms with E-state index in [0.29, 0.717) is 11.1 Å². The van der Waals surface area contributed by atoms with Crippen molar-refractivity contribution in [2.24, 2.45) is 0 Å². The number of aromatic hydroxyl groups is 1. The van der Waals surface area contributed by atoms with E-state index in [1.165, 1.54) is 11.0 Å². The molecular formula is C26H41N3O5S. The molecule has 8 nitrogen and oxygen atoms in total. The van der Waals surface area contributed by atoms with Crippen LogP contribution < -0.4 is 10.6 Å². The van der Waals surface area contributed by atoms with E-state index < -0.39 is 29.7 Å². The molecular weight excluding hydrogens is 466 g/mol. The first-order valence-electron chi connectivity index (χ1n) is 12.4. The second kappa shape index (κ2) is 12.5. The summed E-state index contributed by atoms with van der Waals surface area (Å²) in [5.74, 6) is -0.565. The summed E-state index contributed by atoms with van der Waals surface area (Å²) in [5.41, 5.74) is 0.468. The highest BCUT2D eigenvalue weighted by atomic mass is 32.1. The van der Waals surface area contributed by atoms with Crippen LogP contribution in [0.3, 0.4) is 0 Å². The van der Waals surface area contributed by atoms with Crippen molar-refractivity contribution >= 4 is 30.5 Å². The Hall–Kier alpha value is -2.42. The topological polar surface area (TPSA) is 108 Å². The number of hydrogen-bond acceptors (Lipinski definition) is 6. The van der Waals surface area contributed by atoms with Crippen LogP contribution in [0.2, 0.25) is 0 Å². The smallest absolute Gasteiger partial charge is 0.408 e. The summed E-state index contributed by atoms with van der Waals surface area (Å²) in [6.45, 7) is 10.6. The average molecular weight is 508 g/mol. The van der Waals surface area contributed by atoms with E-state index in [1.54, 1.807) is 39.8 Å². The molecule has 9 heteroatoms. The number of carbonyl (C=O) groups excluding carboxylic acids is 3. The normalized spacial score (nSPS) is 16.3. The Labute approximate surface area is 214 Å². The number of alkyl carbamates (subject to hydrolysis) is 1. The fraction of sp³-hybridized carbons (Fsp3) is 0.654. The summed E-state index contributed by atoms with van der Waals surface area (Å²) in [5, 5.41) is 15.8. The summed E-state index contributed by atoms with van der Waals surface area (Å²) < 4.78 is 5.32. The summed E-state index contributed by atoms with van der Waals surface area (Å²) in [7, 11) is 0. The maximum atomic E-state index is 13.8. The van der Waals surface area contributed by atoms with Gasteiger partial charge in [-0.15, -0.1) is 0 Å². The molecule has 1 aromatic carbocycles. The molecule has 1 aliphatic carbocycles. The van der Waals surface area contributed by atoms with Crippen LogP contribution in [0, 0.1) is 6.92 Å². The van der Waals surface area contributed by atoms with Crippen LogP contribution in [-0.4, -0.2) is 57.4 Å². The molecule has 1 saturated carbocycles. The number of rotatable bonds is 8. The molecule has 35 heavy (non-hydrogen) atoms. The Kier molecular flexibility index (Phi) is 10.3. The van der Waals surface area contributed by atoms with Gasteiger partial charge in [-0.3, -0.25) is 9.59 Å². The number of nitrogens with zero attached hydrogens (tertiary/aromatic N) is 1. The molecule has 0 radical (unpaired) electrons. The highest BCUT2D eigenvalue weighted by molar-refractivity contribution is 7.80. The van der Waals surface area contributed by atoms with Gasteiger partial charge in [0.15, 0.2) is 0 Å². The van der Waals surface area contributed by atoms with Gasteiger partial charge in [0, 0.05) is 17.8 Å². The van der Waals surface area contributed by atoms with E-state index in [2.05, 4.69) is 23.3 Å². The van der Waals surface area contributed by atoms with Crippen molar-refractivity contribution in [2.45, 2.75) is 103 Å². The van der Waals surface area contributed by atoms with Gasteiger partial charge in [-0.2, -0.15) is 12.6 Å². The van der Waals surface area contributed by atoms with Crippen LogP contribution in [0.5, 0.6) is 5.75 Å². The van der Waals surface area contributed by atoms with Gasteiger partial charge in [0.1, 0.15) is 23.4 Å². The lowest BCUT2D eigenvalue weighted by Gasteiger charge is -2.38. The number of phenols is 1. The van der Waals surface area contributed by atoms with E-state index in [9.17, 15) is 19.5 Å². The van der Waals surface area contributed by atoms with Gasteiger partial charge in [0.2, 0.25) is 11.8 Å². The first-order chi connectivity index (χ1) is 16.3. The predicted molar refractivity (Wildman–Crippen MR) is 140 cm³/mol. The van der Waals surface area contributed by atoms with Gasteiger partial charge in [0.05, 0.1) is 0 Å². The summed E-state index contributed by atoms with van der Waals surface area (Å²) >= 11 is 4.30. The third-order valence-corrected chi connectivity index (χ3v) is 6.36. The van der Waals surface area contributed by atoms with Crippen LogP contribution in [-0.2, 0) is 14.3 Å². The largest absolute Gasteiger partial charge is 0.508 e. The molecule has 1 aromatic rings. The van der Waals surface area contributed by atoms with Gasteiger partial charge in [-0.05, 0) is 77.6 Å². The lowest BCUT2D eigenvalue weighted by Crippen LogP contribution is -2.56. The van der Waals surface area contributed by atoms with E-state index in [0.717, 1.165) is 32.1 Å². The molecule has 0 saturated heterocycles. The lowest BCUT2D eigenvalue weighted by atomic mass is 9.94. The molecule has 0 spiro atoms. The number of amides is 3. The van der Waals surface area contributed by atoms with E-state index in [4.69, 9.17) is 4.74 Å². The molecule has 0 bridgehead atoms. The van der Waals surface area contributed by atoms with Gasteiger partial charge in [-0.1, -0.05) is 25.3 Å². The van der Waals surface area contributed by atoms with Crippen molar-refractivity contribution in [1.29, 1.82) is 0 Å². The van der Waals surface area contributed by atoms with Crippen molar-refractivity contribution in [2.75, 3.05) is 5.75 Å². The van der Waals surface area contributed by atoms with Crippen molar-refractivity contribution in [3.63, 3.8) is 0 Å². The second-order valence-electron chi connectivity index (χ2n) is 10.5. The Bertz CT molecular complexity index is 893. The van der Waals surface area contributed by atoms with Crippen molar-refractivity contribution in [1.82, 2.24) is 15.5 Å². The van der Waals surface area contributed by atoms with Crippen LogP contribution in [0.15, 0.2) is 18.2 Å². The minimum absolute atomic E-state index is 0.0346. The Balaban J connectivity index is 2.41. The zero-order valence-electron chi connectivity index (χ0n) is 21.8. The van der Waals surface area contributed by atoms with Crippen molar-refractivity contribution in [3.8, 4) is 5.75 Å². The number of aryl methyl sites for hydroxylation is 1. The molecule has 2 rings (SSSR count). The number of ether oxygens (including phenoxy) is 1. The second-order valence-corrected chi connectivity index (χ2v) is 10.9. The average Bonchev–Trinajstić information content (AvgIpc) is 2.76. The van der Waals surface area contributed by atoms with Gasteiger partial charge in [0.25, 0.3) is 0 Å². The fourth-order valence-electron chi connectivity index (χ4n) is 4.31. The minimum Gasteiger partial charge on any atom is -0.508 e. The Morgan fingerprint density at radius 2 is 1.80 bits per heavy atom. The molecule has 0 heterocycles. The first kappa shape index (κ1) is 28.8. The number of carbonyl (C=O) groups is 3. The third kappa shape index (κ3) is 8.33. The van der Waals surface area contributed by atoms with Crippen molar-refractivity contribution in [3.05, 3.63) is 29.3 Å². The maximum Gasteiger partial charge on any atom is 0.408 e. The number of hydrogen-bond donors (Lipinski definition) is 4. The van der Waals surface area contributed by atoms with Crippen LogP contribution in [0.1, 0.15) is 83.9 Å². The molecule has 2 unspecified atom stereocenters. The van der Waals surface area contributed by atoms with E-state index in [1.807, 2.05) is 13.8 Å². The van der Waals surface area contributed by atoms with E-state index >= 15 is 0 Å². The highest BCUT2D eigenvalue weighted by Crippen LogP contribution is 2.29. The van der Waals surface area contributed by atoms with Crippen molar-refractivity contribution < 1.29 is 24.2 Å². The number of benzene rings is 1. The molecule has 196 valence electrons. The predicted octanol–water partition coefficient (Wildman–Crippen LogP) is 4.25. The minimum atomic E-state index is -0.987. The number of nitrogens with one attached hydrogen (secondary N) is 2. The summed E-state index contributed by atoms with van der Waals surface area (Å²) in [6, 6.07) is 2.69. The first-order valence-corrected chi connectivity index (χ1v) is 13.0. The molecule has 2 atom stereocenters. The zero-order chi connectivity index (χ0) is 26.3. The summed E-state index contributed by atoms with van der Waals surface area (Å²) in [4.78, 5) is 41.3. The number of thiol groups is 1. The Morgan fingerprint density at radius 3 is 2.31 bits per heavy atom. The van der Waals surface area contributed by atoms with Gasteiger partial charge >= 0.3 is 6.09 Å². The Morgan fingerprint density at radius 1 is 1.17 bits per heavy atom. The SMILES string of the molecule is Cc1cc(C(C(=O)NC2CCCCC2)N(C(=O)C(CS)NC(=O)OC(C)(C)C)C(C)C)ccc1O. The van der Waals surface area contributed by atoms with Crippen LogP contribution in [0.25, 0.3) is 0 Å². The zero-order valence-corrected chi connectivity index (χ0v) is 22.7. The standard InChI is InChI=1S/C26H41N3O5S/c1-16(2)29(24(32)20(15-35)28-25(33)34-26(4,5)6)22(18-12-13-21(30)17(3)14-18)23(31)27-19-10-8-7-9-11-19/h12-14,16,19-20,22,30,35H,7-11,15H2,1-6H3,(H,27,31)(H,28,33).